The number of nitrogens with zero attached hydrogens (tertiary/aromatic N) is 2. The standard InChI is InChI=1S/C46H58N2O5/c1-10-12-17-25-51-43(49)42(41(20-13-11-2)48-28-40(47-30-48)32-18-15-14-16-19-32)31(3)53-44(50)52-29-39-37-26-33(45(4,5)6)21-23-35(37)36-24-22-34(27-38(36)39)46(7,8)9/h14-16,18-19,21-24,26-28,30,39,41H,10-13,17,20,25,29H2,1-9H3. The minimum atomic E-state index is -0.849. The van der Waals surface area contributed by atoms with Crippen LogP contribution >= 0.6 is 0 Å². The van der Waals surface area contributed by atoms with Crippen molar-refractivity contribution in [3.63, 3.8) is 0 Å². The van der Waals surface area contributed by atoms with Crippen molar-refractivity contribution in [3.8, 4) is 22.4 Å². The number of esters is 1. The van der Waals surface area contributed by atoms with Crippen LogP contribution in [0.4, 0.5) is 4.79 Å². The predicted molar refractivity (Wildman–Crippen MR) is 213 cm³/mol. The van der Waals surface area contributed by atoms with Gasteiger partial charge in [0.05, 0.1) is 30.2 Å². The second-order valence-corrected chi connectivity index (χ2v) is 16.4. The van der Waals surface area contributed by atoms with Gasteiger partial charge in [0.25, 0.3) is 0 Å². The molecule has 1 aromatic heterocycles. The van der Waals surface area contributed by atoms with Gasteiger partial charge in [-0.15, -0.1) is 0 Å². The summed E-state index contributed by atoms with van der Waals surface area (Å²) in [7, 11) is 0. The lowest BCUT2D eigenvalue weighted by molar-refractivity contribution is -0.140. The van der Waals surface area contributed by atoms with E-state index in [0.717, 1.165) is 65.6 Å². The fourth-order valence-electron chi connectivity index (χ4n) is 7.05. The number of ether oxygens (including phenoxy) is 3. The summed E-state index contributed by atoms with van der Waals surface area (Å²) in [6.07, 6.45) is 7.97. The molecule has 7 nitrogen and oxygen atoms in total. The fraction of sp³-hybridized carbons (Fsp3) is 0.457. The molecule has 1 unspecified atom stereocenters. The number of hydrogen-bond donors (Lipinski definition) is 0. The molecule has 0 spiro atoms. The molecule has 0 fully saturated rings. The molecule has 1 heterocycles. The molecule has 1 aliphatic carbocycles. The summed E-state index contributed by atoms with van der Waals surface area (Å²) in [5.74, 6) is -0.488. The van der Waals surface area contributed by atoms with E-state index in [1.54, 1.807) is 13.3 Å². The van der Waals surface area contributed by atoms with E-state index >= 15 is 0 Å². The first kappa shape index (κ1) is 39.6. The van der Waals surface area contributed by atoms with Crippen LogP contribution in [0.3, 0.4) is 0 Å². The molecule has 282 valence electrons. The molecule has 0 saturated heterocycles. The van der Waals surface area contributed by atoms with E-state index in [1.807, 2.05) is 41.1 Å². The molecular weight excluding hydrogens is 661 g/mol. The third kappa shape index (κ3) is 9.48. The number of benzene rings is 3. The summed E-state index contributed by atoms with van der Waals surface area (Å²) >= 11 is 0. The van der Waals surface area contributed by atoms with Gasteiger partial charge >= 0.3 is 12.1 Å². The maximum atomic E-state index is 13.9. The molecule has 0 saturated carbocycles. The van der Waals surface area contributed by atoms with Gasteiger partial charge in [-0.25, -0.2) is 14.6 Å². The topological polar surface area (TPSA) is 79.6 Å². The summed E-state index contributed by atoms with van der Waals surface area (Å²) in [5, 5.41) is 0. The molecular formula is C46H58N2O5. The highest BCUT2D eigenvalue weighted by molar-refractivity contribution is 5.90. The maximum absolute atomic E-state index is 13.9. The molecule has 4 aromatic rings. The minimum absolute atomic E-state index is 0.0421. The lowest BCUT2D eigenvalue weighted by Crippen LogP contribution is -2.23. The fourth-order valence-corrected chi connectivity index (χ4v) is 7.05. The minimum Gasteiger partial charge on any atom is -0.462 e. The highest BCUT2D eigenvalue weighted by Crippen LogP contribution is 2.47. The Bertz CT molecular complexity index is 1840. The van der Waals surface area contributed by atoms with Crippen molar-refractivity contribution in [1.82, 2.24) is 9.55 Å². The van der Waals surface area contributed by atoms with E-state index in [0.29, 0.717) is 18.6 Å². The average molecular weight is 719 g/mol. The molecule has 0 N–H and O–H groups in total. The molecule has 0 amide bonds. The van der Waals surface area contributed by atoms with E-state index in [1.165, 1.54) is 11.1 Å². The molecule has 1 atom stereocenters. The van der Waals surface area contributed by atoms with Crippen LogP contribution in [0.5, 0.6) is 0 Å². The van der Waals surface area contributed by atoms with Gasteiger partial charge in [-0.05, 0) is 64.0 Å². The number of rotatable bonds is 14. The maximum Gasteiger partial charge on any atom is 0.513 e. The van der Waals surface area contributed by atoms with Gasteiger partial charge < -0.3 is 18.8 Å². The SMILES string of the molecule is CCCCCOC(=O)C(=C(C)OC(=O)OCC1c2cc(C(C)(C)C)ccc2-c2ccc(C(C)(C)C)cc21)C(CCCC)n1cnc(-c2ccccc2)c1. The van der Waals surface area contributed by atoms with Crippen LogP contribution in [-0.4, -0.2) is 34.9 Å². The number of fused-ring (bicyclic) bond motifs is 3. The number of unbranched alkanes of at least 4 members (excludes halogenated alkanes) is 3. The second kappa shape index (κ2) is 17.0. The molecule has 5 rings (SSSR count). The summed E-state index contributed by atoms with van der Waals surface area (Å²) in [6, 6.07) is 22.8. The van der Waals surface area contributed by atoms with E-state index in [-0.39, 0.29) is 29.1 Å². The van der Waals surface area contributed by atoms with Crippen LogP contribution in [0, 0.1) is 0 Å². The summed E-state index contributed by atoms with van der Waals surface area (Å²) in [5.41, 5.74) is 9.04. The number of carbonyl (C=O) groups excluding carboxylic acids is 2. The zero-order chi connectivity index (χ0) is 38.3. The first-order valence-corrected chi connectivity index (χ1v) is 19.3. The lowest BCUT2D eigenvalue weighted by Gasteiger charge is -2.23. The predicted octanol–water partition coefficient (Wildman–Crippen LogP) is 11.8. The Morgan fingerprint density at radius 2 is 1.40 bits per heavy atom. The molecule has 1 aliphatic rings. The van der Waals surface area contributed by atoms with E-state index in [4.69, 9.17) is 14.2 Å². The normalized spacial score (nSPS) is 13.9. The number of aromatic nitrogens is 2. The van der Waals surface area contributed by atoms with Gasteiger partial charge in [0, 0.05) is 17.7 Å². The van der Waals surface area contributed by atoms with Crippen molar-refractivity contribution in [2.24, 2.45) is 0 Å². The van der Waals surface area contributed by atoms with Gasteiger partial charge in [-0.2, -0.15) is 0 Å². The molecule has 53 heavy (non-hydrogen) atoms. The van der Waals surface area contributed by atoms with Crippen LogP contribution in [0.1, 0.15) is 135 Å². The zero-order valence-corrected chi connectivity index (χ0v) is 33.3. The van der Waals surface area contributed by atoms with Gasteiger partial charge in [0.2, 0.25) is 0 Å². The third-order valence-electron chi connectivity index (χ3n) is 10.3. The number of carbonyl (C=O) groups is 2. The highest BCUT2D eigenvalue weighted by Gasteiger charge is 2.34. The number of imidazole rings is 1. The van der Waals surface area contributed by atoms with Crippen LogP contribution in [-0.2, 0) is 29.8 Å². The molecule has 0 radical (unpaired) electrons. The van der Waals surface area contributed by atoms with E-state index in [2.05, 4.69) is 96.8 Å². The van der Waals surface area contributed by atoms with Crippen molar-refractivity contribution in [1.29, 1.82) is 0 Å². The first-order chi connectivity index (χ1) is 25.2. The Balaban J connectivity index is 1.45. The van der Waals surface area contributed by atoms with Gasteiger partial charge in [-0.1, -0.05) is 148 Å². The van der Waals surface area contributed by atoms with Gasteiger partial charge in [0.1, 0.15) is 12.4 Å². The van der Waals surface area contributed by atoms with Crippen LogP contribution < -0.4 is 0 Å². The Labute approximate surface area is 316 Å². The molecule has 3 aromatic carbocycles. The zero-order valence-electron chi connectivity index (χ0n) is 33.3. The Kier molecular flexibility index (Phi) is 12.7. The average Bonchev–Trinajstić information content (AvgIpc) is 3.73. The van der Waals surface area contributed by atoms with E-state index < -0.39 is 18.2 Å². The Hall–Kier alpha value is -4.65. The Morgan fingerprint density at radius 1 is 0.792 bits per heavy atom. The van der Waals surface area contributed by atoms with Gasteiger partial charge in [0.15, 0.2) is 0 Å². The summed E-state index contributed by atoms with van der Waals surface area (Å²) < 4.78 is 19.6. The van der Waals surface area contributed by atoms with Crippen molar-refractivity contribution >= 4 is 12.1 Å². The molecule has 0 bridgehead atoms. The van der Waals surface area contributed by atoms with Crippen molar-refractivity contribution in [3.05, 3.63) is 113 Å². The lowest BCUT2D eigenvalue weighted by atomic mass is 9.83. The molecule has 0 aliphatic heterocycles. The van der Waals surface area contributed by atoms with Crippen LogP contribution in [0.25, 0.3) is 22.4 Å². The van der Waals surface area contributed by atoms with Crippen molar-refractivity contribution < 1.29 is 23.8 Å². The largest absolute Gasteiger partial charge is 0.513 e. The quantitative estimate of drug-likeness (QED) is 0.0559. The van der Waals surface area contributed by atoms with Crippen molar-refractivity contribution in [2.75, 3.05) is 13.2 Å². The summed E-state index contributed by atoms with van der Waals surface area (Å²) in [4.78, 5) is 32.2. The highest BCUT2D eigenvalue weighted by atomic mass is 16.7. The molecule has 7 heteroatoms. The first-order valence-electron chi connectivity index (χ1n) is 19.3. The van der Waals surface area contributed by atoms with Crippen LogP contribution in [0.15, 0.2) is 90.6 Å². The smallest absolute Gasteiger partial charge is 0.462 e. The monoisotopic (exact) mass is 718 g/mol. The Morgan fingerprint density at radius 3 is 1.96 bits per heavy atom. The van der Waals surface area contributed by atoms with E-state index in [9.17, 15) is 9.59 Å². The van der Waals surface area contributed by atoms with Crippen molar-refractivity contribution in [2.45, 2.75) is 124 Å². The number of allylic oxidation sites excluding steroid dienone is 1. The van der Waals surface area contributed by atoms with Gasteiger partial charge in [-0.3, -0.25) is 0 Å². The summed E-state index contributed by atoms with van der Waals surface area (Å²) in [6.45, 7) is 19.5. The van der Waals surface area contributed by atoms with Crippen LogP contribution in [0.2, 0.25) is 0 Å². The third-order valence-corrected chi connectivity index (χ3v) is 10.3. The number of hydrogen-bond acceptors (Lipinski definition) is 6. The second-order valence-electron chi connectivity index (χ2n) is 16.4.